The third-order valence-corrected chi connectivity index (χ3v) is 2.70. The molecule has 0 aromatic carbocycles. The van der Waals surface area contributed by atoms with Crippen molar-refractivity contribution >= 4 is 5.97 Å². The van der Waals surface area contributed by atoms with Crippen molar-refractivity contribution in [1.29, 1.82) is 0 Å². The topological polar surface area (TPSA) is 59.2 Å². The van der Waals surface area contributed by atoms with E-state index in [1.165, 1.54) is 6.92 Å². The molecule has 0 fully saturated rings. The monoisotopic (exact) mass is 331 g/mol. The summed E-state index contributed by atoms with van der Waals surface area (Å²) in [5.41, 5.74) is -7.96. The number of rotatable bonds is 3. The highest BCUT2D eigenvalue weighted by Crippen LogP contribution is 2.35. The van der Waals surface area contributed by atoms with Gasteiger partial charge in [-0.25, -0.2) is 4.79 Å². The van der Waals surface area contributed by atoms with E-state index in [0.717, 1.165) is 11.9 Å². The number of ether oxygens (including phenoxy) is 1. The molecule has 10 heteroatoms. The van der Waals surface area contributed by atoms with Gasteiger partial charge in [-0.3, -0.25) is 4.79 Å². The highest BCUT2D eigenvalue weighted by molar-refractivity contribution is 5.91. The quantitative estimate of drug-likeness (QED) is 0.684. The van der Waals surface area contributed by atoms with Gasteiger partial charge in [0.1, 0.15) is 17.0 Å². The van der Waals surface area contributed by atoms with E-state index in [9.17, 15) is 35.9 Å². The van der Waals surface area contributed by atoms with E-state index in [2.05, 4.69) is 4.74 Å². The molecule has 0 aliphatic carbocycles. The summed E-state index contributed by atoms with van der Waals surface area (Å²) in [5, 5.41) is 0. The molecule has 0 bridgehead atoms. The molecule has 4 nitrogen and oxygen atoms in total. The highest BCUT2D eigenvalue weighted by atomic mass is 19.4. The van der Waals surface area contributed by atoms with Gasteiger partial charge < -0.3 is 9.72 Å². The number of H-pyrrole nitrogens is 1. The summed E-state index contributed by atoms with van der Waals surface area (Å²) in [6.45, 7) is 2.10. The average Bonchev–Trinajstić information content (AvgIpc) is 2.35. The number of alkyl halides is 6. The fourth-order valence-electron chi connectivity index (χ4n) is 1.83. The van der Waals surface area contributed by atoms with Crippen LogP contribution in [0.4, 0.5) is 26.3 Å². The number of nitrogens with one attached hydrogen (secondary N) is 1. The van der Waals surface area contributed by atoms with Gasteiger partial charge in [-0.1, -0.05) is 6.92 Å². The Morgan fingerprint density at radius 1 is 1.05 bits per heavy atom. The molecular formula is C12H11F6NO3. The highest BCUT2D eigenvalue weighted by Gasteiger charge is 2.44. The number of aromatic nitrogens is 1. The molecule has 0 saturated heterocycles. The van der Waals surface area contributed by atoms with E-state index in [4.69, 9.17) is 0 Å². The number of carbonyl (C=O) groups is 1. The Labute approximate surface area is 120 Å². The number of hydrogen-bond acceptors (Lipinski definition) is 3. The minimum absolute atomic E-state index is 0.335. The molecule has 0 aliphatic heterocycles. The zero-order valence-corrected chi connectivity index (χ0v) is 11.4. The van der Waals surface area contributed by atoms with E-state index < -0.39 is 52.7 Å². The van der Waals surface area contributed by atoms with Crippen LogP contribution in [0.2, 0.25) is 0 Å². The molecule has 0 saturated carbocycles. The first-order chi connectivity index (χ1) is 9.95. The standard InChI is InChI=1S/C12H11F6NO3/c1-3-5-7(20)6(10(21)22-4-2)9(12(16,17)18)19-8(5)11(13,14)15/h3-4H2,1-2H3,(H,19,20). The van der Waals surface area contributed by atoms with Crippen LogP contribution >= 0.6 is 0 Å². The van der Waals surface area contributed by atoms with Gasteiger partial charge in [0, 0.05) is 5.56 Å². The lowest BCUT2D eigenvalue weighted by molar-refractivity contribution is -0.151. The Bertz CT molecular complexity index is 629. The summed E-state index contributed by atoms with van der Waals surface area (Å²) < 4.78 is 81.4. The van der Waals surface area contributed by atoms with Crippen molar-refractivity contribution in [3.05, 3.63) is 32.7 Å². The molecule has 124 valence electrons. The third kappa shape index (κ3) is 3.42. The summed E-state index contributed by atoms with van der Waals surface area (Å²) in [4.78, 5) is 24.6. The molecule has 0 atom stereocenters. The lowest BCUT2D eigenvalue weighted by Gasteiger charge is -2.17. The second kappa shape index (κ2) is 6.01. The van der Waals surface area contributed by atoms with Crippen molar-refractivity contribution in [3.63, 3.8) is 0 Å². The van der Waals surface area contributed by atoms with Crippen LogP contribution in [0.25, 0.3) is 0 Å². The average molecular weight is 331 g/mol. The van der Waals surface area contributed by atoms with Crippen LogP contribution in [0.15, 0.2) is 4.79 Å². The van der Waals surface area contributed by atoms with Crippen LogP contribution in [0.1, 0.15) is 41.2 Å². The lowest BCUT2D eigenvalue weighted by atomic mass is 10.0. The molecule has 0 radical (unpaired) electrons. The lowest BCUT2D eigenvalue weighted by Crippen LogP contribution is -2.32. The van der Waals surface area contributed by atoms with Crippen LogP contribution in [0.3, 0.4) is 0 Å². The largest absolute Gasteiger partial charge is 0.462 e. The molecule has 1 heterocycles. The normalized spacial score (nSPS) is 12.4. The molecular weight excluding hydrogens is 320 g/mol. The van der Waals surface area contributed by atoms with E-state index in [-0.39, 0.29) is 6.61 Å². The first-order valence-electron chi connectivity index (χ1n) is 6.05. The third-order valence-electron chi connectivity index (χ3n) is 2.70. The molecule has 22 heavy (non-hydrogen) atoms. The maximum atomic E-state index is 12.9. The minimum Gasteiger partial charge on any atom is -0.462 e. The van der Waals surface area contributed by atoms with E-state index in [1.807, 2.05) is 0 Å². The Morgan fingerprint density at radius 3 is 1.91 bits per heavy atom. The van der Waals surface area contributed by atoms with Crippen LogP contribution in [0, 0.1) is 0 Å². The summed E-state index contributed by atoms with van der Waals surface area (Å²) >= 11 is 0. The zero-order valence-electron chi connectivity index (χ0n) is 11.4. The van der Waals surface area contributed by atoms with Crippen LogP contribution in [-0.4, -0.2) is 17.6 Å². The maximum absolute atomic E-state index is 12.9. The smallest absolute Gasteiger partial charge is 0.432 e. The SMILES string of the molecule is CCOC(=O)c1c(C(F)(F)F)[nH]c(C(F)(F)F)c(CC)c1=O. The molecule has 1 aromatic rings. The van der Waals surface area contributed by atoms with Gasteiger partial charge >= 0.3 is 18.3 Å². The Morgan fingerprint density at radius 2 is 1.55 bits per heavy atom. The molecule has 1 rings (SSSR count). The number of halogens is 6. The predicted molar refractivity (Wildman–Crippen MR) is 62.4 cm³/mol. The summed E-state index contributed by atoms with van der Waals surface area (Å²) in [5.74, 6) is -1.63. The molecule has 1 N–H and O–H groups in total. The van der Waals surface area contributed by atoms with Gasteiger partial charge in [0.25, 0.3) is 0 Å². The molecule has 0 spiro atoms. The van der Waals surface area contributed by atoms with Crippen molar-refractivity contribution in [2.75, 3.05) is 6.61 Å². The summed E-state index contributed by atoms with van der Waals surface area (Å²) in [7, 11) is 0. The van der Waals surface area contributed by atoms with Crippen molar-refractivity contribution < 1.29 is 35.9 Å². The van der Waals surface area contributed by atoms with Crippen LogP contribution in [0.5, 0.6) is 0 Å². The fourth-order valence-corrected chi connectivity index (χ4v) is 1.83. The van der Waals surface area contributed by atoms with Crippen molar-refractivity contribution in [3.8, 4) is 0 Å². The summed E-state index contributed by atoms with van der Waals surface area (Å²) in [6.07, 6.45) is -11.1. The fraction of sp³-hybridized carbons (Fsp3) is 0.500. The second-order valence-electron chi connectivity index (χ2n) is 4.13. The van der Waals surface area contributed by atoms with Gasteiger partial charge in [0.2, 0.25) is 5.43 Å². The van der Waals surface area contributed by atoms with Crippen LogP contribution in [-0.2, 0) is 23.5 Å². The van der Waals surface area contributed by atoms with Crippen LogP contribution < -0.4 is 5.43 Å². The Hall–Kier alpha value is -2.00. The number of hydrogen-bond donors (Lipinski definition) is 1. The van der Waals surface area contributed by atoms with Crippen molar-refractivity contribution in [2.45, 2.75) is 32.6 Å². The van der Waals surface area contributed by atoms with Gasteiger partial charge in [-0.15, -0.1) is 0 Å². The maximum Gasteiger partial charge on any atom is 0.432 e. The first kappa shape index (κ1) is 18.1. The summed E-state index contributed by atoms with van der Waals surface area (Å²) in [6, 6.07) is 0. The zero-order chi connectivity index (χ0) is 17.3. The van der Waals surface area contributed by atoms with E-state index in [1.54, 1.807) is 0 Å². The van der Waals surface area contributed by atoms with Gasteiger partial charge in [-0.05, 0) is 13.3 Å². The minimum atomic E-state index is -5.35. The molecule has 0 aliphatic rings. The van der Waals surface area contributed by atoms with Crippen molar-refractivity contribution in [1.82, 2.24) is 4.98 Å². The number of aromatic amines is 1. The van der Waals surface area contributed by atoms with Gasteiger partial charge in [0.05, 0.1) is 6.61 Å². The number of pyridine rings is 1. The first-order valence-corrected chi connectivity index (χ1v) is 6.05. The van der Waals surface area contributed by atoms with Gasteiger partial charge in [0.15, 0.2) is 0 Å². The Kier molecular flexibility index (Phi) is 4.93. The second-order valence-corrected chi connectivity index (χ2v) is 4.13. The Balaban J connectivity index is 3.84. The van der Waals surface area contributed by atoms with E-state index >= 15 is 0 Å². The molecule has 1 aromatic heterocycles. The predicted octanol–water partition coefficient (Wildman–Crippen LogP) is 3.15. The number of esters is 1. The number of carbonyl (C=O) groups excluding carboxylic acids is 1. The van der Waals surface area contributed by atoms with E-state index in [0.29, 0.717) is 0 Å². The van der Waals surface area contributed by atoms with Gasteiger partial charge in [-0.2, -0.15) is 26.3 Å². The molecule has 0 amide bonds. The molecule has 0 unspecified atom stereocenters. The van der Waals surface area contributed by atoms with Crippen molar-refractivity contribution in [2.24, 2.45) is 0 Å².